The highest BCUT2D eigenvalue weighted by molar-refractivity contribution is 5.95. The molecule has 0 saturated carbocycles. The Morgan fingerprint density at radius 1 is 0.702 bits per heavy atom. The number of ether oxygens (including phenoxy) is 2. The van der Waals surface area contributed by atoms with E-state index >= 15 is 0 Å². The number of carbonyl (C=O) groups is 1. The molecule has 0 aromatic heterocycles. The van der Waals surface area contributed by atoms with Crippen molar-refractivity contribution < 1.29 is 53.8 Å². The van der Waals surface area contributed by atoms with Gasteiger partial charge in [-0.25, -0.2) is 0 Å². The summed E-state index contributed by atoms with van der Waals surface area (Å²) in [5.41, 5.74) is -4.41. The Morgan fingerprint density at radius 3 is 1.70 bits per heavy atom. The fourth-order valence-electron chi connectivity index (χ4n) is 6.51. The van der Waals surface area contributed by atoms with Crippen molar-refractivity contribution in [3.63, 3.8) is 0 Å². The number of alkyl halides is 9. The summed E-state index contributed by atoms with van der Waals surface area (Å²) in [5, 5.41) is 0. The van der Waals surface area contributed by atoms with Crippen LogP contribution in [0.25, 0.3) is 0 Å². The van der Waals surface area contributed by atoms with Gasteiger partial charge in [-0.3, -0.25) is 9.69 Å². The molecule has 2 aliphatic heterocycles. The van der Waals surface area contributed by atoms with Crippen LogP contribution in [0.5, 0.6) is 0 Å². The lowest BCUT2D eigenvalue weighted by molar-refractivity contribution is -0.143. The molecular weight excluding hydrogens is 645 g/mol. The lowest BCUT2D eigenvalue weighted by Gasteiger charge is -2.43. The molecule has 2 heterocycles. The fraction of sp³-hybridized carbons (Fsp3) is 0.594. The number of piperazine rings is 1. The first-order chi connectivity index (χ1) is 22.0. The van der Waals surface area contributed by atoms with Gasteiger partial charge in [-0.2, -0.15) is 39.5 Å². The fourth-order valence-corrected chi connectivity index (χ4v) is 6.51. The number of amides is 1. The van der Waals surface area contributed by atoms with Gasteiger partial charge in [-0.05, 0) is 60.6 Å². The molecule has 2 aliphatic rings. The van der Waals surface area contributed by atoms with Crippen molar-refractivity contribution in [1.82, 2.24) is 14.7 Å². The van der Waals surface area contributed by atoms with Crippen LogP contribution in [0.1, 0.15) is 39.0 Å². The maximum Gasteiger partial charge on any atom is 0.416 e. The molecule has 4 rings (SSSR count). The first-order valence-corrected chi connectivity index (χ1v) is 15.2. The van der Waals surface area contributed by atoms with Crippen LogP contribution in [-0.2, 0) is 34.4 Å². The first-order valence-electron chi connectivity index (χ1n) is 15.2. The molecule has 2 fully saturated rings. The highest BCUT2D eigenvalue weighted by atomic mass is 19.4. The van der Waals surface area contributed by atoms with Gasteiger partial charge >= 0.3 is 18.5 Å². The molecule has 3 atom stereocenters. The number of likely N-dealkylation sites (tertiary alicyclic amines) is 1. The zero-order valence-electron chi connectivity index (χ0n) is 26.0. The topological polar surface area (TPSA) is 45.3 Å². The number of carbonyl (C=O) groups excluding carboxylic acids is 1. The minimum Gasteiger partial charge on any atom is -0.384 e. The molecule has 6 nitrogen and oxygen atoms in total. The molecule has 2 saturated heterocycles. The van der Waals surface area contributed by atoms with E-state index < -0.39 is 52.7 Å². The summed E-state index contributed by atoms with van der Waals surface area (Å²) in [6.45, 7) is 4.54. The molecule has 15 heteroatoms. The summed E-state index contributed by atoms with van der Waals surface area (Å²) in [6, 6.07) is 4.35. The molecule has 2 unspecified atom stereocenters. The number of benzene rings is 2. The van der Waals surface area contributed by atoms with Crippen molar-refractivity contribution in [2.75, 3.05) is 73.2 Å². The summed E-state index contributed by atoms with van der Waals surface area (Å²) >= 11 is 0. The third kappa shape index (κ3) is 10.1. The molecule has 0 radical (unpaired) electrons. The van der Waals surface area contributed by atoms with Crippen LogP contribution in [0.2, 0.25) is 0 Å². The Hall–Kier alpha value is -2.88. The Morgan fingerprint density at radius 2 is 1.21 bits per heavy atom. The van der Waals surface area contributed by atoms with Gasteiger partial charge in [0.2, 0.25) is 0 Å². The van der Waals surface area contributed by atoms with Gasteiger partial charge in [0.05, 0.1) is 29.9 Å². The smallest absolute Gasteiger partial charge is 0.384 e. The van der Waals surface area contributed by atoms with E-state index in [-0.39, 0.29) is 25.6 Å². The minimum atomic E-state index is -5.13. The Bertz CT molecular complexity index is 1290. The maximum atomic E-state index is 13.6. The quantitative estimate of drug-likeness (QED) is 0.274. The van der Waals surface area contributed by atoms with Gasteiger partial charge in [-0.15, -0.1) is 0 Å². The molecule has 262 valence electrons. The summed E-state index contributed by atoms with van der Waals surface area (Å²) in [6.07, 6.45) is -13.8. The number of piperidine rings is 1. The highest BCUT2D eigenvalue weighted by Crippen LogP contribution is 2.37. The second-order valence-corrected chi connectivity index (χ2v) is 12.3. The summed E-state index contributed by atoms with van der Waals surface area (Å²) in [5.74, 6) is -0.395. The molecule has 0 bridgehead atoms. The van der Waals surface area contributed by atoms with Gasteiger partial charge in [0.15, 0.2) is 0 Å². The van der Waals surface area contributed by atoms with Crippen LogP contribution in [0.15, 0.2) is 42.5 Å². The van der Waals surface area contributed by atoms with Crippen LogP contribution in [0.4, 0.5) is 39.5 Å². The maximum absolute atomic E-state index is 13.6. The average molecular weight is 684 g/mol. The van der Waals surface area contributed by atoms with Crippen LogP contribution in [-0.4, -0.2) is 99.9 Å². The zero-order chi connectivity index (χ0) is 34.6. The molecule has 0 spiro atoms. The SMILES string of the molecule is COCC1CC(COC)CN(CCN2CCN(C(=O)c3cc(C(F)(F)F)cc(C(F)(F)F)c3)[C@H](Cc3ccc(C(F)(F)F)cc3)C2)C1. The standard InChI is InChI=1S/C32H38F9N3O3/c1-46-19-22-11-23(20-47-2)17-43(16-22)8-7-42-9-10-44(28(18-42)12-21-3-5-25(6-4-21)30(33,34)35)29(45)24-13-26(31(36,37)38)15-27(14-24)32(39,40)41/h3-6,13-15,22-23,28H,7-12,16-20H2,1-2H3/t22?,23?,28-/m1/s1. The van der Waals surface area contributed by atoms with E-state index in [2.05, 4.69) is 9.80 Å². The third-order valence-corrected chi connectivity index (χ3v) is 8.65. The number of methoxy groups -OCH3 is 2. The van der Waals surface area contributed by atoms with E-state index in [1.54, 1.807) is 14.2 Å². The number of hydrogen-bond acceptors (Lipinski definition) is 5. The van der Waals surface area contributed by atoms with Crippen LogP contribution >= 0.6 is 0 Å². The number of halogens is 9. The molecule has 47 heavy (non-hydrogen) atoms. The molecule has 0 aliphatic carbocycles. The predicted octanol–water partition coefficient (Wildman–Crippen LogP) is 6.34. The Kier molecular flexibility index (Phi) is 11.9. The van der Waals surface area contributed by atoms with E-state index in [1.165, 1.54) is 17.0 Å². The molecule has 1 amide bonds. The highest BCUT2D eigenvalue weighted by Gasteiger charge is 2.39. The van der Waals surface area contributed by atoms with E-state index in [4.69, 9.17) is 9.47 Å². The van der Waals surface area contributed by atoms with Crippen molar-refractivity contribution >= 4 is 5.91 Å². The van der Waals surface area contributed by atoms with Crippen molar-refractivity contribution in [2.45, 2.75) is 37.4 Å². The molecule has 2 aromatic carbocycles. The third-order valence-electron chi connectivity index (χ3n) is 8.65. The van der Waals surface area contributed by atoms with Gasteiger partial charge < -0.3 is 19.3 Å². The van der Waals surface area contributed by atoms with Gasteiger partial charge in [-0.1, -0.05) is 12.1 Å². The first kappa shape index (κ1) is 36.9. The van der Waals surface area contributed by atoms with Gasteiger partial charge in [0.25, 0.3) is 5.91 Å². The molecular formula is C32H38F9N3O3. The second-order valence-electron chi connectivity index (χ2n) is 12.3. The van der Waals surface area contributed by atoms with Crippen molar-refractivity contribution in [3.8, 4) is 0 Å². The summed E-state index contributed by atoms with van der Waals surface area (Å²) in [4.78, 5) is 19.2. The summed E-state index contributed by atoms with van der Waals surface area (Å²) < 4.78 is 131. The van der Waals surface area contributed by atoms with E-state index in [1.807, 2.05) is 0 Å². The lowest BCUT2D eigenvalue weighted by atomic mass is 9.90. The van der Waals surface area contributed by atoms with Crippen molar-refractivity contribution in [2.24, 2.45) is 11.8 Å². The Balaban J connectivity index is 1.56. The molecule has 2 aromatic rings. The number of hydrogen-bond donors (Lipinski definition) is 0. The lowest BCUT2D eigenvalue weighted by Crippen LogP contribution is -2.57. The molecule has 0 N–H and O–H groups in total. The average Bonchev–Trinajstić information content (AvgIpc) is 2.99. The number of rotatable bonds is 10. The largest absolute Gasteiger partial charge is 0.416 e. The normalized spacial score (nSPS) is 22.1. The van der Waals surface area contributed by atoms with Crippen LogP contribution < -0.4 is 0 Å². The van der Waals surface area contributed by atoms with Gasteiger partial charge in [0, 0.05) is 71.6 Å². The van der Waals surface area contributed by atoms with Crippen LogP contribution in [0.3, 0.4) is 0 Å². The van der Waals surface area contributed by atoms with Crippen molar-refractivity contribution in [1.29, 1.82) is 0 Å². The van der Waals surface area contributed by atoms with Crippen molar-refractivity contribution in [3.05, 3.63) is 70.3 Å². The predicted molar refractivity (Wildman–Crippen MR) is 155 cm³/mol. The summed E-state index contributed by atoms with van der Waals surface area (Å²) in [7, 11) is 3.29. The minimum absolute atomic E-state index is 0.000328. The van der Waals surface area contributed by atoms with Gasteiger partial charge in [0.1, 0.15) is 0 Å². The second kappa shape index (κ2) is 15.1. The van der Waals surface area contributed by atoms with E-state index in [0.29, 0.717) is 62.4 Å². The zero-order valence-corrected chi connectivity index (χ0v) is 26.0. The van der Waals surface area contributed by atoms with E-state index in [0.717, 1.165) is 31.6 Å². The van der Waals surface area contributed by atoms with Crippen LogP contribution in [0, 0.1) is 11.8 Å². The van der Waals surface area contributed by atoms with E-state index in [9.17, 15) is 44.3 Å². The Labute approximate surface area is 267 Å². The number of nitrogens with zero attached hydrogens (tertiary/aromatic N) is 3. The monoisotopic (exact) mass is 683 g/mol.